The summed E-state index contributed by atoms with van der Waals surface area (Å²) in [4.78, 5) is 12.3. The summed E-state index contributed by atoms with van der Waals surface area (Å²) in [7, 11) is 2.88. The summed E-state index contributed by atoms with van der Waals surface area (Å²) < 4.78 is 22.8. The van der Waals surface area contributed by atoms with Crippen LogP contribution < -0.4 is 14.2 Å². The Morgan fingerprint density at radius 3 is 2.59 bits per heavy atom. The summed E-state index contributed by atoms with van der Waals surface area (Å²) in [5.41, 5.74) is 2.18. The molecule has 0 saturated carbocycles. The number of aryl methyl sites for hydroxylation is 1. The van der Waals surface area contributed by atoms with Crippen LogP contribution in [-0.2, 0) is 0 Å². The van der Waals surface area contributed by atoms with Gasteiger partial charge in [-0.25, -0.2) is 9.80 Å². The highest BCUT2D eigenvalue weighted by atomic mass is 16.5. The van der Waals surface area contributed by atoms with Crippen LogP contribution in [0.2, 0.25) is 0 Å². The first-order chi connectivity index (χ1) is 15.5. The number of benzene rings is 2. The van der Waals surface area contributed by atoms with Crippen molar-refractivity contribution in [3.63, 3.8) is 0 Å². The van der Waals surface area contributed by atoms with Gasteiger partial charge in [0.25, 0.3) is 0 Å². The molecule has 0 radical (unpaired) electrons. The van der Waals surface area contributed by atoms with Gasteiger partial charge in [0.05, 0.1) is 20.3 Å². The van der Waals surface area contributed by atoms with Crippen LogP contribution in [0, 0.1) is 6.92 Å². The van der Waals surface area contributed by atoms with Gasteiger partial charge in [-0.1, -0.05) is 18.2 Å². The van der Waals surface area contributed by atoms with Gasteiger partial charge in [-0.15, -0.1) is 0 Å². The number of hydrogen-bond donors (Lipinski definition) is 1. The molecule has 0 saturated heterocycles. The number of para-hydroxylation sites is 1. The lowest BCUT2D eigenvalue weighted by Gasteiger charge is -2.38. The third-order valence-corrected chi connectivity index (χ3v) is 5.78. The maximum Gasteiger partial charge on any atom is 0.340 e. The number of carboxylic acid groups (broad SMARTS) is 1. The average molecular weight is 434 g/mol. The van der Waals surface area contributed by atoms with E-state index in [9.17, 15) is 9.90 Å². The second-order valence-corrected chi connectivity index (χ2v) is 7.64. The normalized spacial score (nSPS) is 19.0. The SMILES string of the molecule is COc1ccc(C2Oc3ccccc3C3CC(c4ccc(C)o4)=NN32)c(C(=O)O)c1OC. The molecule has 164 valence electrons. The molecule has 0 bridgehead atoms. The number of aromatic carboxylic acids is 1. The maximum absolute atomic E-state index is 12.3. The fourth-order valence-electron chi connectivity index (χ4n) is 4.35. The number of fused-ring (bicyclic) bond motifs is 3. The highest BCUT2D eigenvalue weighted by Gasteiger charge is 2.43. The first kappa shape index (κ1) is 20.0. The Morgan fingerprint density at radius 1 is 1.09 bits per heavy atom. The fraction of sp³-hybridized carbons (Fsp3) is 0.250. The minimum Gasteiger partial charge on any atom is -0.493 e. The lowest BCUT2D eigenvalue weighted by atomic mass is 9.96. The Morgan fingerprint density at radius 2 is 1.91 bits per heavy atom. The number of ether oxygens (including phenoxy) is 3. The van der Waals surface area contributed by atoms with Crippen LogP contribution in [0.5, 0.6) is 17.2 Å². The summed E-state index contributed by atoms with van der Waals surface area (Å²) in [6, 6.07) is 14.8. The molecular weight excluding hydrogens is 412 g/mol. The molecule has 5 rings (SSSR count). The van der Waals surface area contributed by atoms with E-state index in [0.29, 0.717) is 29.2 Å². The van der Waals surface area contributed by atoms with Crippen LogP contribution in [0.3, 0.4) is 0 Å². The van der Waals surface area contributed by atoms with Crippen molar-refractivity contribution in [1.82, 2.24) is 5.01 Å². The number of hydrogen-bond acceptors (Lipinski definition) is 7. The van der Waals surface area contributed by atoms with Gasteiger partial charge in [0.15, 0.2) is 11.5 Å². The predicted molar refractivity (Wildman–Crippen MR) is 115 cm³/mol. The van der Waals surface area contributed by atoms with Crippen LogP contribution >= 0.6 is 0 Å². The molecule has 1 aromatic heterocycles. The van der Waals surface area contributed by atoms with E-state index in [1.54, 1.807) is 12.1 Å². The van der Waals surface area contributed by atoms with E-state index >= 15 is 0 Å². The number of rotatable bonds is 5. The number of hydrazone groups is 1. The molecule has 2 aliphatic rings. The molecule has 0 spiro atoms. The third-order valence-electron chi connectivity index (χ3n) is 5.78. The van der Waals surface area contributed by atoms with E-state index in [4.69, 9.17) is 23.7 Å². The molecule has 2 aromatic carbocycles. The van der Waals surface area contributed by atoms with Crippen molar-refractivity contribution in [2.45, 2.75) is 25.6 Å². The second kappa shape index (κ2) is 7.64. The number of carboxylic acids is 1. The van der Waals surface area contributed by atoms with Gasteiger partial charge in [-0.3, -0.25) is 0 Å². The van der Waals surface area contributed by atoms with Gasteiger partial charge in [0.2, 0.25) is 6.23 Å². The molecule has 32 heavy (non-hydrogen) atoms. The molecule has 0 amide bonds. The van der Waals surface area contributed by atoms with Crippen LogP contribution in [-0.4, -0.2) is 36.0 Å². The largest absolute Gasteiger partial charge is 0.493 e. The smallest absolute Gasteiger partial charge is 0.340 e. The van der Waals surface area contributed by atoms with Gasteiger partial charge in [-0.05, 0) is 37.3 Å². The standard InChI is InChI=1S/C24H22N2O6/c1-13-8-10-19(31-13)16-12-17-14-6-4-5-7-18(14)32-23(26(17)25-16)15-9-11-20(29-2)22(30-3)21(15)24(27)28/h4-11,17,23H,12H2,1-3H3,(H,27,28). The zero-order valence-corrected chi connectivity index (χ0v) is 17.9. The number of carbonyl (C=O) groups is 1. The van der Waals surface area contributed by atoms with Gasteiger partial charge in [0.1, 0.15) is 28.5 Å². The first-order valence-corrected chi connectivity index (χ1v) is 10.2. The predicted octanol–water partition coefficient (Wildman–Crippen LogP) is 4.55. The fourth-order valence-corrected chi connectivity index (χ4v) is 4.35. The number of methoxy groups -OCH3 is 2. The molecular formula is C24H22N2O6. The minimum atomic E-state index is -1.14. The summed E-state index contributed by atoms with van der Waals surface area (Å²) in [5, 5.41) is 16.7. The van der Waals surface area contributed by atoms with Gasteiger partial charge in [0, 0.05) is 17.5 Å². The van der Waals surface area contributed by atoms with E-state index in [2.05, 4.69) is 0 Å². The van der Waals surface area contributed by atoms with Crippen molar-refractivity contribution in [3.05, 3.63) is 76.7 Å². The highest BCUT2D eigenvalue weighted by molar-refractivity contribution is 6.00. The highest BCUT2D eigenvalue weighted by Crippen LogP contribution is 2.49. The van der Waals surface area contributed by atoms with E-state index in [0.717, 1.165) is 17.0 Å². The molecule has 8 heteroatoms. The molecule has 2 atom stereocenters. The average Bonchev–Trinajstić information content (AvgIpc) is 3.44. The Kier molecular flexibility index (Phi) is 4.77. The van der Waals surface area contributed by atoms with Gasteiger partial charge in [-0.2, -0.15) is 5.10 Å². The van der Waals surface area contributed by atoms with Crippen molar-refractivity contribution in [1.29, 1.82) is 0 Å². The second-order valence-electron chi connectivity index (χ2n) is 7.64. The summed E-state index contributed by atoms with van der Waals surface area (Å²) in [6.45, 7) is 1.89. The van der Waals surface area contributed by atoms with Crippen molar-refractivity contribution in [3.8, 4) is 17.2 Å². The van der Waals surface area contributed by atoms with Crippen LogP contribution in [0.1, 0.15) is 51.7 Å². The Balaban J connectivity index is 1.67. The van der Waals surface area contributed by atoms with Crippen LogP contribution in [0.25, 0.3) is 0 Å². The zero-order chi connectivity index (χ0) is 22.4. The monoisotopic (exact) mass is 434 g/mol. The molecule has 2 unspecified atom stereocenters. The molecule has 1 N–H and O–H groups in total. The van der Waals surface area contributed by atoms with Crippen molar-refractivity contribution >= 4 is 11.7 Å². The molecule has 3 aromatic rings. The third kappa shape index (κ3) is 3.07. The summed E-state index contributed by atoms with van der Waals surface area (Å²) in [6.07, 6.45) is -0.158. The molecule has 0 fully saturated rings. The van der Waals surface area contributed by atoms with Crippen molar-refractivity contribution in [2.24, 2.45) is 5.10 Å². The molecule has 0 aliphatic carbocycles. The van der Waals surface area contributed by atoms with Crippen molar-refractivity contribution in [2.75, 3.05) is 14.2 Å². The quantitative estimate of drug-likeness (QED) is 0.630. The topological polar surface area (TPSA) is 93.7 Å². The van der Waals surface area contributed by atoms with Gasteiger partial charge >= 0.3 is 5.97 Å². The Bertz CT molecular complexity index is 1230. The van der Waals surface area contributed by atoms with E-state index in [1.165, 1.54) is 14.2 Å². The lowest BCUT2D eigenvalue weighted by molar-refractivity contribution is -0.0199. The number of nitrogens with zero attached hydrogens (tertiary/aromatic N) is 2. The van der Waals surface area contributed by atoms with E-state index in [-0.39, 0.29) is 17.4 Å². The molecule has 8 nitrogen and oxygen atoms in total. The maximum atomic E-state index is 12.3. The molecule has 2 aliphatic heterocycles. The first-order valence-electron chi connectivity index (χ1n) is 10.2. The van der Waals surface area contributed by atoms with Gasteiger partial charge < -0.3 is 23.7 Å². The summed E-state index contributed by atoms with van der Waals surface area (Å²) in [5.74, 6) is 1.52. The zero-order valence-electron chi connectivity index (χ0n) is 17.9. The minimum absolute atomic E-state index is 0.0209. The van der Waals surface area contributed by atoms with Crippen LogP contribution in [0.15, 0.2) is 58.0 Å². The lowest BCUT2D eigenvalue weighted by Crippen LogP contribution is -2.34. The molecule has 3 heterocycles. The number of furan rings is 1. The van der Waals surface area contributed by atoms with Crippen molar-refractivity contribution < 1.29 is 28.5 Å². The summed E-state index contributed by atoms with van der Waals surface area (Å²) >= 11 is 0. The van der Waals surface area contributed by atoms with E-state index < -0.39 is 12.2 Å². The Hall–Kier alpha value is -3.94. The van der Waals surface area contributed by atoms with Crippen LogP contribution in [0.4, 0.5) is 0 Å². The Labute approximate surface area is 184 Å². The van der Waals surface area contributed by atoms with E-state index in [1.807, 2.05) is 48.3 Å².